The van der Waals surface area contributed by atoms with Crippen molar-refractivity contribution in [3.8, 4) is 0 Å². The summed E-state index contributed by atoms with van der Waals surface area (Å²) in [6.07, 6.45) is 3.28. The summed E-state index contributed by atoms with van der Waals surface area (Å²) in [7, 11) is 0. The molecule has 1 aromatic carbocycles. The molecule has 0 bridgehead atoms. The Morgan fingerprint density at radius 1 is 1.00 bits per heavy atom. The van der Waals surface area contributed by atoms with Gasteiger partial charge < -0.3 is 5.32 Å². The zero-order valence-corrected chi connectivity index (χ0v) is 7.31. The van der Waals surface area contributed by atoms with Gasteiger partial charge in [0.15, 0.2) is 0 Å². The van der Waals surface area contributed by atoms with Gasteiger partial charge in [0.2, 0.25) is 5.95 Å². The van der Waals surface area contributed by atoms with E-state index in [-0.39, 0.29) is 5.82 Å². The van der Waals surface area contributed by atoms with Crippen LogP contribution in [0.15, 0.2) is 42.7 Å². The van der Waals surface area contributed by atoms with Crippen molar-refractivity contribution >= 4 is 11.6 Å². The Bertz CT molecular complexity index is 399. The normalized spacial score (nSPS) is 9.79. The van der Waals surface area contributed by atoms with E-state index in [0.29, 0.717) is 5.95 Å². The van der Waals surface area contributed by atoms with Crippen LogP contribution in [0, 0.1) is 5.82 Å². The van der Waals surface area contributed by atoms with Gasteiger partial charge in [0, 0.05) is 18.1 Å². The summed E-state index contributed by atoms with van der Waals surface area (Å²) in [5, 5.41) is 2.94. The zero-order chi connectivity index (χ0) is 9.80. The molecular formula is C10H8FN3. The number of nitrogens with one attached hydrogen (secondary N) is 1. The largest absolute Gasteiger partial charge is 0.324 e. The van der Waals surface area contributed by atoms with Crippen molar-refractivity contribution in [1.82, 2.24) is 9.97 Å². The maximum Gasteiger partial charge on any atom is 0.227 e. The van der Waals surface area contributed by atoms with Gasteiger partial charge in [0.05, 0.1) is 0 Å². The topological polar surface area (TPSA) is 37.8 Å². The van der Waals surface area contributed by atoms with Crippen molar-refractivity contribution in [2.24, 2.45) is 0 Å². The summed E-state index contributed by atoms with van der Waals surface area (Å²) >= 11 is 0. The van der Waals surface area contributed by atoms with E-state index in [1.807, 2.05) is 0 Å². The van der Waals surface area contributed by atoms with Gasteiger partial charge in [-0.2, -0.15) is 0 Å². The summed E-state index contributed by atoms with van der Waals surface area (Å²) in [6.45, 7) is 0. The maximum atomic E-state index is 12.6. The van der Waals surface area contributed by atoms with E-state index in [2.05, 4.69) is 15.3 Å². The summed E-state index contributed by atoms with van der Waals surface area (Å²) in [4.78, 5) is 7.96. The molecule has 2 aromatic rings. The molecule has 0 unspecified atom stereocenters. The van der Waals surface area contributed by atoms with Crippen LogP contribution < -0.4 is 5.32 Å². The van der Waals surface area contributed by atoms with Gasteiger partial charge in [-0.1, -0.05) is 0 Å². The highest BCUT2D eigenvalue weighted by Gasteiger charge is 1.95. The molecule has 0 aliphatic heterocycles. The van der Waals surface area contributed by atoms with Crippen LogP contribution in [0.3, 0.4) is 0 Å². The van der Waals surface area contributed by atoms with E-state index in [4.69, 9.17) is 0 Å². The number of hydrogen-bond acceptors (Lipinski definition) is 3. The SMILES string of the molecule is Fc1ccc(Nc2ncccn2)cc1. The van der Waals surface area contributed by atoms with E-state index in [0.717, 1.165) is 5.69 Å². The van der Waals surface area contributed by atoms with E-state index < -0.39 is 0 Å². The maximum absolute atomic E-state index is 12.6. The predicted octanol–water partition coefficient (Wildman–Crippen LogP) is 2.36. The lowest BCUT2D eigenvalue weighted by Crippen LogP contribution is -1.95. The molecule has 4 heteroatoms. The molecular weight excluding hydrogens is 181 g/mol. The van der Waals surface area contributed by atoms with Gasteiger partial charge >= 0.3 is 0 Å². The standard InChI is InChI=1S/C10H8FN3/c11-8-2-4-9(5-3-8)14-10-12-6-1-7-13-10/h1-7H,(H,12,13,14). The molecule has 0 saturated heterocycles. The molecule has 0 amide bonds. The summed E-state index contributed by atoms with van der Waals surface area (Å²) in [6, 6.07) is 7.75. The Kier molecular flexibility index (Phi) is 2.36. The minimum atomic E-state index is -0.260. The number of aromatic nitrogens is 2. The number of hydrogen-bond donors (Lipinski definition) is 1. The first-order valence-electron chi connectivity index (χ1n) is 4.14. The van der Waals surface area contributed by atoms with Crippen LogP contribution in [0.5, 0.6) is 0 Å². The molecule has 3 nitrogen and oxygen atoms in total. The number of benzene rings is 1. The van der Waals surface area contributed by atoms with Crippen molar-refractivity contribution in [3.63, 3.8) is 0 Å². The lowest BCUT2D eigenvalue weighted by atomic mass is 10.3. The zero-order valence-electron chi connectivity index (χ0n) is 7.31. The molecule has 1 aromatic heterocycles. The van der Waals surface area contributed by atoms with Gasteiger partial charge in [0.1, 0.15) is 5.82 Å². The van der Waals surface area contributed by atoms with Crippen molar-refractivity contribution in [2.75, 3.05) is 5.32 Å². The third kappa shape index (κ3) is 2.04. The monoisotopic (exact) mass is 189 g/mol. The highest BCUT2D eigenvalue weighted by molar-refractivity contribution is 5.52. The summed E-state index contributed by atoms with van der Waals surface area (Å²) in [5.41, 5.74) is 0.762. The fraction of sp³-hybridized carbons (Fsp3) is 0. The van der Waals surface area contributed by atoms with Crippen LogP contribution in [0.25, 0.3) is 0 Å². The first kappa shape index (κ1) is 8.62. The van der Waals surface area contributed by atoms with Crippen LogP contribution in [-0.4, -0.2) is 9.97 Å². The first-order valence-corrected chi connectivity index (χ1v) is 4.14. The van der Waals surface area contributed by atoms with Crippen LogP contribution >= 0.6 is 0 Å². The van der Waals surface area contributed by atoms with E-state index in [9.17, 15) is 4.39 Å². The van der Waals surface area contributed by atoms with Crippen molar-refractivity contribution in [3.05, 3.63) is 48.5 Å². The molecule has 0 fully saturated rings. The molecule has 2 rings (SSSR count). The number of nitrogens with zero attached hydrogens (tertiary/aromatic N) is 2. The second kappa shape index (κ2) is 3.83. The third-order valence-corrected chi connectivity index (χ3v) is 1.67. The van der Waals surface area contributed by atoms with Gasteiger partial charge in [-0.05, 0) is 30.3 Å². The number of anilines is 2. The Balaban J connectivity index is 2.16. The van der Waals surface area contributed by atoms with E-state index in [1.54, 1.807) is 30.6 Å². The van der Waals surface area contributed by atoms with Crippen LogP contribution in [0.2, 0.25) is 0 Å². The van der Waals surface area contributed by atoms with Crippen molar-refractivity contribution < 1.29 is 4.39 Å². The molecule has 1 N–H and O–H groups in total. The highest BCUT2D eigenvalue weighted by atomic mass is 19.1. The lowest BCUT2D eigenvalue weighted by Gasteiger charge is -2.02. The van der Waals surface area contributed by atoms with Gasteiger partial charge in [0.25, 0.3) is 0 Å². The average Bonchev–Trinajstić information content (AvgIpc) is 2.23. The molecule has 0 radical (unpaired) electrons. The van der Waals surface area contributed by atoms with E-state index in [1.165, 1.54) is 12.1 Å². The average molecular weight is 189 g/mol. The second-order valence-corrected chi connectivity index (χ2v) is 2.70. The molecule has 1 heterocycles. The Morgan fingerprint density at radius 3 is 2.29 bits per heavy atom. The molecule has 0 atom stereocenters. The third-order valence-electron chi connectivity index (χ3n) is 1.67. The van der Waals surface area contributed by atoms with Crippen LogP contribution in [-0.2, 0) is 0 Å². The van der Waals surface area contributed by atoms with Crippen molar-refractivity contribution in [2.45, 2.75) is 0 Å². The fourth-order valence-electron chi connectivity index (χ4n) is 1.03. The molecule has 0 aliphatic rings. The molecule has 0 spiro atoms. The smallest absolute Gasteiger partial charge is 0.227 e. The Hall–Kier alpha value is -1.97. The number of halogens is 1. The molecule has 70 valence electrons. The van der Waals surface area contributed by atoms with Gasteiger partial charge in [-0.3, -0.25) is 0 Å². The first-order chi connectivity index (χ1) is 6.84. The van der Waals surface area contributed by atoms with Crippen molar-refractivity contribution in [1.29, 1.82) is 0 Å². The quantitative estimate of drug-likeness (QED) is 0.788. The summed E-state index contributed by atoms with van der Waals surface area (Å²) < 4.78 is 12.6. The molecule has 14 heavy (non-hydrogen) atoms. The van der Waals surface area contributed by atoms with Gasteiger partial charge in [-0.15, -0.1) is 0 Å². The predicted molar refractivity (Wildman–Crippen MR) is 51.7 cm³/mol. The Morgan fingerprint density at radius 2 is 1.64 bits per heavy atom. The summed E-state index contributed by atoms with van der Waals surface area (Å²) in [5.74, 6) is 0.239. The molecule has 0 aliphatic carbocycles. The Labute approximate surface area is 80.6 Å². The van der Waals surface area contributed by atoms with Crippen LogP contribution in [0.4, 0.5) is 16.0 Å². The fourth-order valence-corrected chi connectivity index (χ4v) is 1.03. The second-order valence-electron chi connectivity index (χ2n) is 2.70. The minimum Gasteiger partial charge on any atom is -0.324 e. The van der Waals surface area contributed by atoms with Crippen LogP contribution in [0.1, 0.15) is 0 Å². The minimum absolute atomic E-state index is 0.260. The van der Waals surface area contributed by atoms with E-state index >= 15 is 0 Å². The van der Waals surface area contributed by atoms with Gasteiger partial charge in [-0.25, -0.2) is 14.4 Å². The highest BCUT2D eigenvalue weighted by Crippen LogP contribution is 2.11. The molecule has 0 saturated carbocycles. The lowest BCUT2D eigenvalue weighted by molar-refractivity contribution is 0.628. The number of rotatable bonds is 2.